The molecule has 2 aromatic carbocycles. The fraction of sp³-hybridized carbons (Fsp3) is 0.154. The van der Waals surface area contributed by atoms with Gasteiger partial charge in [-0.1, -0.05) is 36.4 Å². The van der Waals surface area contributed by atoms with Gasteiger partial charge in [-0.15, -0.1) is 0 Å². The van der Waals surface area contributed by atoms with E-state index in [-0.39, 0.29) is 23.1 Å². The summed E-state index contributed by atoms with van der Waals surface area (Å²) in [6.07, 6.45) is 6.22. The molecular formula is C26H22N4O3. The van der Waals surface area contributed by atoms with Crippen LogP contribution < -0.4 is 10.6 Å². The van der Waals surface area contributed by atoms with Gasteiger partial charge in [-0.2, -0.15) is 0 Å². The van der Waals surface area contributed by atoms with E-state index in [1.165, 1.54) is 6.08 Å². The fourth-order valence-corrected chi connectivity index (χ4v) is 5.00. The summed E-state index contributed by atoms with van der Waals surface area (Å²) in [7, 11) is 0. The van der Waals surface area contributed by atoms with E-state index in [1.807, 2.05) is 60.9 Å². The van der Waals surface area contributed by atoms with E-state index in [1.54, 1.807) is 0 Å². The van der Waals surface area contributed by atoms with Crippen LogP contribution in [0.15, 0.2) is 83.9 Å². The number of carbonyl (C=O) groups excluding carboxylic acids is 2. The molecule has 2 aliphatic rings. The molecule has 164 valence electrons. The molecule has 0 radical (unpaired) electrons. The van der Waals surface area contributed by atoms with Gasteiger partial charge in [0, 0.05) is 46.7 Å². The van der Waals surface area contributed by atoms with Crippen molar-refractivity contribution in [1.29, 1.82) is 0 Å². The van der Waals surface area contributed by atoms with E-state index in [0.29, 0.717) is 18.4 Å². The predicted octanol–water partition coefficient (Wildman–Crippen LogP) is 3.17. The molecule has 0 unspecified atom stereocenters. The third-order valence-corrected chi connectivity index (χ3v) is 6.58. The third-order valence-electron chi connectivity index (χ3n) is 6.58. The van der Waals surface area contributed by atoms with Crippen LogP contribution in [0.25, 0.3) is 21.8 Å². The summed E-state index contributed by atoms with van der Waals surface area (Å²) in [4.78, 5) is 31.7. The van der Waals surface area contributed by atoms with E-state index in [4.69, 9.17) is 0 Å². The Kier molecular flexibility index (Phi) is 4.36. The highest BCUT2D eigenvalue weighted by Gasteiger charge is 2.39. The lowest BCUT2D eigenvalue weighted by molar-refractivity contribution is -0.117. The number of nitrogens with one attached hydrogen (secondary N) is 4. The predicted molar refractivity (Wildman–Crippen MR) is 126 cm³/mol. The highest BCUT2D eigenvalue weighted by molar-refractivity contribution is 6.05. The molecule has 0 saturated carbocycles. The molecule has 7 heteroatoms. The van der Waals surface area contributed by atoms with Crippen LogP contribution in [0.3, 0.4) is 0 Å². The minimum Gasteiger partial charge on any atom is -0.509 e. The van der Waals surface area contributed by atoms with E-state index in [0.717, 1.165) is 32.9 Å². The molecule has 0 bridgehead atoms. The number of aromatic nitrogens is 2. The van der Waals surface area contributed by atoms with E-state index < -0.39 is 12.1 Å². The van der Waals surface area contributed by atoms with Crippen molar-refractivity contribution in [2.75, 3.05) is 0 Å². The second-order valence-corrected chi connectivity index (χ2v) is 8.57. The molecule has 4 aromatic rings. The number of aliphatic hydroxyl groups is 1. The summed E-state index contributed by atoms with van der Waals surface area (Å²) in [5.74, 6) is -0.635. The van der Waals surface area contributed by atoms with E-state index in [9.17, 15) is 14.7 Å². The topological polar surface area (TPSA) is 110 Å². The minimum absolute atomic E-state index is 0.0167. The number of rotatable bonds is 5. The van der Waals surface area contributed by atoms with Crippen LogP contribution in [0.4, 0.5) is 0 Å². The molecule has 0 aliphatic carbocycles. The number of aromatic amines is 2. The summed E-state index contributed by atoms with van der Waals surface area (Å²) in [6, 6.07) is 14.9. The molecule has 0 fully saturated rings. The Hall–Kier alpha value is -4.26. The number of hydrogen-bond acceptors (Lipinski definition) is 3. The molecule has 0 saturated heterocycles. The summed E-state index contributed by atoms with van der Waals surface area (Å²) >= 11 is 0. The van der Waals surface area contributed by atoms with Crippen LogP contribution in [-0.2, 0) is 22.4 Å². The van der Waals surface area contributed by atoms with Crippen molar-refractivity contribution in [3.8, 4) is 0 Å². The van der Waals surface area contributed by atoms with Crippen LogP contribution in [0.2, 0.25) is 0 Å². The summed E-state index contributed by atoms with van der Waals surface area (Å²) in [6.45, 7) is 0. The Morgan fingerprint density at radius 2 is 1.33 bits per heavy atom. The van der Waals surface area contributed by atoms with Gasteiger partial charge in [0.25, 0.3) is 5.91 Å². The number of H-pyrrole nitrogens is 2. The number of carbonyl (C=O) groups is 2. The molecule has 2 amide bonds. The molecule has 0 spiro atoms. The molecule has 7 nitrogen and oxygen atoms in total. The van der Waals surface area contributed by atoms with Gasteiger partial charge in [0.05, 0.1) is 17.7 Å². The van der Waals surface area contributed by atoms with Crippen LogP contribution in [0.1, 0.15) is 11.1 Å². The molecular weight excluding hydrogens is 416 g/mol. The molecule has 33 heavy (non-hydrogen) atoms. The lowest BCUT2D eigenvalue weighted by Gasteiger charge is -2.15. The number of hydrogen-bond donors (Lipinski definition) is 5. The molecule has 5 N–H and O–H groups in total. The molecule has 2 aliphatic heterocycles. The van der Waals surface area contributed by atoms with Gasteiger partial charge in [0.15, 0.2) is 0 Å². The zero-order chi connectivity index (χ0) is 22.5. The van der Waals surface area contributed by atoms with Crippen molar-refractivity contribution in [2.24, 2.45) is 0 Å². The second-order valence-electron chi connectivity index (χ2n) is 8.57. The first-order valence-electron chi connectivity index (χ1n) is 10.9. The normalized spacial score (nSPS) is 20.5. The highest BCUT2D eigenvalue weighted by atomic mass is 16.3. The number of aliphatic hydroxyl groups excluding tert-OH is 1. The maximum atomic E-state index is 12.9. The zero-order valence-corrected chi connectivity index (χ0v) is 17.7. The van der Waals surface area contributed by atoms with Crippen molar-refractivity contribution in [1.82, 2.24) is 20.6 Å². The first kappa shape index (κ1) is 19.4. The summed E-state index contributed by atoms with van der Waals surface area (Å²) in [5.41, 5.74) is 4.80. The number of benzene rings is 2. The molecule has 2 atom stereocenters. The van der Waals surface area contributed by atoms with E-state index >= 15 is 0 Å². The quantitative estimate of drug-likeness (QED) is 0.330. The average molecular weight is 438 g/mol. The van der Waals surface area contributed by atoms with Gasteiger partial charge in [-0.25, -0.2) is 0 Å². The highest BCUT2D eigenvalue weighted by Crippen LogP contribution is 2.32. The van der Waals surface area contributed by atoms with E-state index in [2.05, 4.69) is 20.6 Å². The standard InChI is InChI=1S/C26H22N4O3/c31-23-11-18(21(29-23)9-14-12-27-19-7-3-1-5-16(14)19)24-25(32)22(30-26(24)33)10-15-13-28-20-8-4-2-6-17(15)20/h1-8,11-13,21-22,27-28,32H,9-10H2,(H,29,31)(H,30,33)/t21-,22-/m1/s1. The smallest absolute Gasteiger partial charge is 0.255 e. The monoisotopic (exact) mass is 438 g/mol. The lowest BCUT2D eigenvalue weighted by Crippen LogP contribution is -2.33. The van der Waals surface area contributed by atoms with Crippen molar-refractivity contribution < 1.29 is 14.7 Å². The third kappa shape index (κ3) is 3.20. The molecule has 4 heterocycles. The Morgan fingerprint density at radius 3 is 1.97 bits per heavy atom. The minimum atomic E-state index is -0.544. The van der Waals surface area contributed by atoms with Gasteiger partial charge in [-0.05, 0) is 35.3 Å². The zero-order valence-electron chi connectivity index (χ0n) is 17.7. The molecule has 2 aromatic heterocycles. The fourth-order valence-electron chi connectivity index (χ4n) is 5.00. The summed E-state index contributed by atoms with van der Waals surface area (Å²) < 4.78 is 0. The number of para-hydroxylation sites is 2. The van der Waals surface area contributed by atoms with Gasteiger partial charge < -0.3 is 25.7 Å². The van der Waals surface area contributed by atoms with Crippen LogP contribution in [0.5, 0.6) is 0 Å². The maximum Gasteiger partial charge on any atom is 0.255 e. The summed E-state index contributed by atoms with van der Waals surface area (Å²) in [5, 5.41) is 19.0. The Bertz CT molecular complexity index is 1490. The van der Waals surface area contributed by atoms with Crippen molar-refractivity contribution in [3.63, 3.8) is 0 Å². The number of amides is 2. The number of fused-ring (bicyclic) bond motifs is 2. The first-order chi connectivity index (χ1) is 16.1. The van der Waals surface area contributed by atoms with Gasteiger partial charge in [-0.3, -0.25) is 9.59 Å². The van der Waals surface area contributed by atoms with Crippen LogP contribution in [0, 0.1) is 0 Å². The molecule has 6 rings (SSSR count). The lowest BCUT2D eigenvalue weighted by atomic mass is 9.93. The van der Waals surface area contributed by atoms with Gasteiger partial charge in [0.2, 0.25) is 5.91 Å². The SMILES string of the molecule is O=C1C=C(C2=C(O)[C@@H](Cc3c[nH]c4ccccc34)NC2=O)[C@@H](Cc2c[nH]c3ccccc23)N1. The second kappa shape index (κ2) is 7.41. The first-order valence-corrected chi connectivity index (χ1v) is 10.9. The van der Waals surface area contributed by atoms with Crippen LogP contribution in [-0.4, -0.2) is 39.0 Å². The van der Waals surface area contributed by atoms with Crippen molar-refractivity contribution >= 4 is 33.6 Å². The Balaban J connectivity index is 1.31. The van der Waals surface area contributed by atoms with Crippen LogP contribution >= 0.6 is 0 Å². The Morgan fingerprint density at radius 1 is 0.758 bits per heavy atom. The van der Waals surface area contributed by atoms with Gasteiger partial charge in [0.1, 0.15) is 5.76 Å². The maximum absolute atomic E-state index is 12.9. The van der Waals surface area contributed by atoms with Gasteiger partial charge >= 0.3 is 0 Å². The largest absolute Gasteiger partial charge is 0.509 e. The van der Waals surface area contributed by atoms with Crippen molar-refractivity contribution in [3.05, 3.63) is 95.0 Å². The van der Waals surface area contributed by atoms with Crippen molar-refractivity contribution in [2.45, 2.75) is 24.9 Å². The average Bonchev–Trinajstić information content (AvgIpc) is 3.56. The Labute approximate surface area is 189 Å².